The Kier molecular flexibility index (Phi) is 4.93. The fourth-order valence-electron chi connectivity index (χ4n) is 3.44. The summed E-state index contributed by atoms with van der Waals surface area (Å²) in [5, 5.41) is 0. The van der Waals surface area contributed by atoms with Crippen molar-refractivity contribution < 1.29 is 9.53 Å². The molecule has 1 saturated heterocycles. The molecule has 25 heavy (non-hydrogen) atoms. The third-order valence-electron chi connectivity index (χ3n) is 4.79. The lowest BCUT2D eigenvalue weighted by Crippen LogP contribution is -2.54. The van der Waals surface area contributed by atoms with Gasteiger partial charge in [0, 0.05) is 37.6 Å². The standard InChI is InChI=1S/C20H25N3O2/c1-14-11-15(2)21-12-17(14)20(24)23-10-9-22(13-16(23)3)18-7-5-6-8-19(18)25-4/h5-8,11-12,16H,9-10,13H2,1-4H3/t16-/m0/s1. The molecule has 1 aliphatic heterocycles. The van der Waals surface area contributed by atoms with Crippen molar-refractivity contribution >= 4 is 11.6 Å². The van der Waals surface area contributed by atoms with Gasteiger partial charge in [0.1, 0.15) is 5.75 Å². The zero-order valence-corrected chi connectivity index (χ0v) is 15.3. The van der Waals surface area contributed by atoms with Crippen LogP contribution in [0.5, 0.6) is 5.75 Å². The molecule has 1 atom stereocenters. The number of pyridine rings is 1. The Labute approximate surface area is 149 Å². The maximum absolute atomic E-state index is 13.0. The van der Waals surface area contributed by atoms with Crippen molar-refractivity contribution in [2.75, 3.05) is 31.6 Å². The molecule has 0 bridgehead atoms. The maximum atomic E-state index is 13.0. The highest BCUT2D eigenvalue weighted by molar-refractivity contribution is 5.95. The van der Waals surface area contributed by atoms with E-state index >= 15 is 0 Å². The van der Waals surface area contributed by atoms with Crippen molar-refractivity contribution in [1.29, 1.82) is 0 Å². The molecule has 2 heterocycles. The summed E-state index contributed by atoms with van der Waals surface area (Å²) in [7, 11) is 1.69. The molecule has 3 rings (SSSR count). The molecule has 1 fully saturated rings. The minimum atomic E-state index is 0.0668. The number of piperazine rings is 1. The minimum absolute atomic E-state index is 0.0668. The van der Waals surface area contributed by atoms with Gasteiger partial charge in [0.05, 0.1) is 18.4 Å². The molecule has 0 unspecified atom stereocenters. The van der Waals surface area contributed by atoms with Gasteiger partial charge in [-0.25, -0.2) is 0 Å². The first-order valence-electron chi connectivity index (χ1n) is 8.63. The Hall–Kier alpha value is -2.56. The van der Waals surface area contributed by atoms with Gasteiger partial charge in [0.15, 0.2) is 0 Å². The molecule has 2 aromatic rings. The topological polar surface area (TPSA) is 45.7 Å². The van der Waals surface area contributed by atoms with Crippen molar-refractivity contribution in [3.8, 4) is 5.75 Å². The van der Waals surface area contributed by atoms with Gasteiger partial charge in [-0.15, -0.1) is 0 Å². The number of benzene rings is 1. The van der Waals surface area contributed by atoms with Gasteiger partial charge >= 0.3 is 0 Å². The number of nitrogens with zero attached hydrogens (tertiary/aromatic N) is 3. The number of anilines is 1. The third-order valence-corrected chi connectivity index (χ3v) is 4.79. The Bertz CT molecular complexity index is 775. The molecule has 0 saturated carbocycles. The Morgan fingerprint density at radius 2 is 2.00 bits per heavy atom. The van der Waals surface area contributed by atoms with Crippen molar-refractivity contribution in [2.45, 2.75) is 26.8 Å². The number of aryl methyl sites for hydroxylation is 2. The Morgan fingerprint density at radius 3 is 2.68 bits per heavy atom. The van der Waals surface area contributed by atoms with E-state index in [9.17, 15) is 4.79 Å². The number of hydrogen-bond donors (Lipinski definition) is 0. The van der Waals surface area contributed by atoms with E-state index in [1.54, 1.807) is 13.3 Å². The van der Waals surface area contributed by atoms with Crippen LogP contribution in [-0.2, 0) is 0 Å². The molecule has 0 aliphatic carbocycles. The van der Waals surface area contributed by atoms with Gasteiger partial charge in [-0.3, -0.25) is 9.78 Å². The lowest BCUT2D eigenvalue weighted by Gasteiger charge is -2.41. The molecule has 5 heteroatoms. The molecule has 132 valence electrons. The summed E-state index contributed by atoms with van der Waals surface area (Å²) in [6.45, 7) is 8.26. The van der Waals surface area contributed by atoms with Crippen molar-refractivity contribution in [3.63, 3.8) is 0 Å². The predicted octanol–water partition coefficient (Wildman–Crippen LogP) is 3.06. The zero-order valence-electron chi connectivity index (χ0n) is 15.3. The first-order valence-corrected chi connectivity index (χ1v) is 8.63. The van der Waals surface area contributed by atoms with E-state index < -0.39 is 0 Å². The van der Waals surface area contributed by atoms with Crippen LogP contribution < -0.4 is 9.64 Å². The smallest absolute Gasteiger partial charge is 0.256 e. The van der Waals surface area contributed by atoms with Crippen molar-refractivity contribution in [2.24, 2.45) is 0 Å². The highest BCUT2D eigenvalue weighted by Crippen LogP contribution is 2.29. The maximum Gasteiger partial charge on any atom is 0.256 e. The van der Waals surface area contributed by atoms with Gasteiger partial charge < -0.3 is 14.5 Å². The predicted molar refractivity (Wildman–Crippen MR) is 99.4 cm³/mol. The fourth-order valence-corrected chi connectivity index (χ4v) is 3.44. The summed E-state index contributed by atoms with van der Waals surface area (Å²) in [5.41, 5.74) is 3.69. The largest absolute Gasteiger partial charge is 0.495 e. The van der Waals surface area contributed by atoms with E-state index in [4.69, 9.17) is 4.74 Å². The zero-order chi connectivity index (χ0) is 18.0. The molecule has 0 radical (unpaired) electrons. The van der Waals surface area contributed by atoms with Crippen LogP contribution in [0.25, 0.3) is 0 Å². The fraction of sp³-hybridized carbons (Fsp3) is 0.400. The van der Waals surface area contributed by atoms with E-state index in [1.165, 1.54) is 0 Å². The van der Waals surface area contributed by atoms with Crippen LogP contribution in [0.1, 0.15) is 28.5 Å². The summed E-state index contributed by atoms with van der Waals surface area (Å²) in [4.78, 5) is 21.5. The molecule has 0 spiro atoms. The summed E-state index contributed by atoms with van der Waals surface area (Å²) >= 11 is 0. The van der Waals surface area contributed by atoms with Gasteiger partial charge in [0.25, 0.3) is 5.91 Å². The lowest BCUT2D eigenvalue weighted by molar-refractivity contribution is 0.0673. The van der Waals surface area contributed by atoms with Gasteiger partial charge in [-0.1, -0.05) is 12.1 Å². The Balaban J connectivity index is 1.76. The molecule has 1 aromatic heterocycles. The molecular weight excluding hydrogens is 314 g/mol. The number of ether oxygens (including phenoxy) is 1. The van der Waals surface area contributed by atoms with Crippen LogP contribution in [0.2, 0.25) is 0 Å². The molecule has 1 aromatic carbocycles. The molecule has 1 aliphatic rings. The first kappa shape index (κ1) is 17.3. The van der Waals surface area contributed by atoms with E-state index in [-0.39, 0.29) is 11.9 Å². The number of carbonyl (C=O) groups is 1. The van der Waals surface area contributed by atoms with Crippen LogP contribution in [0.15, 0.2) is 36.5 Å². The van der Waals surface area contributed by atoms with E-state index in [0.29, 0.717) is 12.1 Å². The summed E-state index contributed by atoms with van der Waals surface area (Å²) in [5.74, 6) is 0.935. The summed E-state index contributed by atoms with van der Waals surface area (Å²) in [6.07, 6.45) is 1.70. The van der Waals surface area contributed by atoms with Crippen LogP contribution in [0.4, 0.5) is 5.69 Å². The van der Waals surface area contributed by atoms with Crippen LogP contribution in [0, 0.1) is 13.8 Å². The quantitative estimate of drug-likeness (QED) is 0.862. The lowest BCUT2D eigenvalue weighted by atomic mass is 10.1. The number of hydrogen-bond acceptors (Lipinski definition) is 4. The number of amides is 1. The molecule has 1 amide bonds. The molecular formula is C20H25N3O2. The number of rotatable bonds is 3. The number of carbonyl (C=O) groups excluding carboxylic acids is 1. The average Bonchev–Trinajstić information content (AvgIpc) is 2.61. The number of aromatic nitrogens is 1. The van der Waals surface area contributed by atoms with Crippen LogP contribution in [0.3, 0.4) is 0 Å². The van der Waals surface area contributed by atoms with Crippen LogP contribution >= 0.6 is 0 Å². The minimum Gasteiger partial charge on any atom is -0.495 e. The SMILES string of the molecule is COc1ccccc1N1CCN(C(=O)c2cnc(C)cc2C)[C@@H](C)C1. The third kappa shape index (κ3) is 3.45. The van der Waals surface area contributed by atoms with Crippen molar-refractivity contribution in [1.82, 2.24) is 9.88 Å². The van der Waals surface area contributed by atoms with Gasteiger partial charge in [-0.05, 0) is 44.5 Å². The highest BCUT2D eigenvalue weighted by Gasteiger charge is 2.30. The average molecular weight is 339 g/mol. The second-order valence-electron chi connectivity index (χ2n) is 6.61. The van der Waals surface area contributed by atoms with E-state index in [2.05, 4.69) is 22.9 Å². The highest BCUT2D eigenvalue weighted by atomic mass is 16.5. The molecule has 0 N–H and O–H groups in total. The second-order valence-corrected chi connectivity index (χ2v) is 6.61. The second kappa shape index (κ2) is 7.13. The van der Waals surface area contributed by atoms with E-state index in [0.717, 1.165) is 35.8 Å². The summed E-state index contributed by atoms with van der Waals surface area (Å²) < 4.78 is 5.47. The van der Waals surface area contributed by atoms with E-state index in [1.807, 2.05) is 43.0 Å². The van der Waals surface area contributed by atoms with Gasteiger partial charge in [-0.2, -0.15) is 0 Å². The van der Waals surface area contributed by atoms with Crippen LogP contribution in [-0.4, -0.2) is 48.6 Å². The molecule has 5 nitrogen and oxygen atoms in total. The Morgan fingerprint density at radius 1 is 1.24 bits per heavy atom. The first-order chi connectivity index (χ1) is 12.0. The summed E-state index contributed by atoms with van der Waals surface area (Å²) in [6, 6.07) is 10.1. The number of para-hydroxylation sites is 2. The van der Waals surface area contributed by atoms with Crippen molar-refractivity contribution in [3.05, 3.63) is 53.3 Å². The monoisotopic (exact) mass is 339 g/mol. The normalized spacial score (nSPS) is 17.5. The van der Waals surface area contributed by atoms with Gasteiger partial charge in [0.2, 0.25) is 0 Å². The number of methoxy groups -OCH3 is 1.